The van der Waals surface area contributed by atoms with Gasteiger partial charge in [-0.3, -0.25) is 4.79 Å². The quantitative estimate of drug-likeness (QED) is 0.857. The van der Waals surface area contributed by atoms with Crippen LogP contribution in [-0.4, -0.2) is 17.6 Å². The molecule has 1 aliphatic carbocycles. The van der Waals surface area contributed by atoms with Crippen LogP contribution in [0.2, 0.25) is 0 Å². The summed E-state index contributed by atoms with van der Waals surface area (Å²) in [6.45, 7) is 0.856. The van der Waals surface area contributed by atoms with E-state index in [-0.39, 0.29) is 23.8 Å². The number of hydrogen-bond acceptors (Lipinski definition) is 2. The van der Waals surface area contributed by atoms with Crippen molar-refractivity contribution in [3.63, 3.8) is 0 Å². The van der Waals surface area contributed by atoms with Crippen molar-refractivity contribution >= 4 is 5.97 Å². The van der Waals surface area contributed by atoms with Gasteiger partial charge in [0.1, 0.15) is 0 Å². The molecule has 1 spiro atoms. The highest BCUT2D eigenvalue weighted by molar-refractivity contribution is 5.67. The van der Waals surface area contributed by atoms with Crippen molar-refractivity contribution < 1.29 is 23.1 Å². The molecule has 2 fully saturated rings. The number of halogens is 3. The minimum atomic E-state index is -4.31. The number of alkyl halides is 3. The van der Waals surface area contributed by atoms with Gasteiger partial charge in [-0.05, 0) is 67.7 Å². The van der Waals surface area contributed by atoms with Crippen molar-refractivity contribution in [2.24, 2.45) is 11.3 Å². The zero-order valence-corrected chi connectivity index (χ0v) is 13.4. The van der Waals surface area contributed by atoms with Gasteiger partial charge in [0, 0.05) is 12.5 Å². The topological polar surface area (TPSA) is 49.3 Å². The van der Waals surface area contributed by atoms with Crippen molar-refractivity contribution in [3.8, 4) is 0 Å². The molecule has 3 nitrogen and oxygen atoms in total. The molecule has 1 saturated heterocycles. The lowest BCUT2D eigenvalue weighted by Crippen LogP contribution is -2.33. The Hall–Kier alpha value is -1.56. The summed E-state index contributed by atoms with van der Waals surface area (Å²) in [6, 6.07) is 5.52. The van der Waals surface area contributed by atoms with Crippen LogP contribution in [0.3, 0.4) is 0 Å². The Labute approximate surface area is 139 Å². The van der Waals surface area contributed by atoms with Crippen LogP contribution >= 0.6 is 0 Å². The van der Waals surface area contributed by atoms with Gasteiger partial charge < -0.3 is 10.4 Å². The molecule has 2 aliphatic rings. The van der Waals surface area contributed by atoms with Gasteiger partial charge in [0.15, 0.2) is 0 Å². The maximum absolute atomic E-state index is 12.7. The third-order valence-corrected chi connectivity index (χ3v) is 5.72. The minimum Gasteiger partial charge on any atom is -0.481 e. The molecule has 0 aromatic heterocycles. The maximum Gasteiger partial charge on any atom is 0.416 e. The van der Waals surface area contributed by atoms with E-state index in [9.17, 15) is 18.0 Å². The lowest BCUT2D eigenvalue weighted by Gasteiger charge is -2.41. The smallest absolute Gasteiger partial charge is 0.416 e. The summed E-state index contributed by atoms with van der Waals surface area (Å²) in [5.41, 5.74) is 0.329. The van der Waals surface area contributed by atoms with Gasteiger partial charge >= 0.3 is 12.1 Å². The molecule has 1 aliphatic heterocycles. The SMILES string of the molecule is O=C(O)CC1CCC2(CCNC2c2ccc(C(F)(F)F)cc2)CC1. The monoisotopic (exact) mass is 341 g/mol. The second-order valence-corrected chi connectivity index (χ2v) is 7.16. The average molecular weight is 341 g/mol. The highest BCUT2D eigenvalue weighted by Crippen LogP contribution is 2.53. The predicted octanol–water partition coefficient (Wildman–Crippen LogP) is 4.39. The molecule has 132 valence electrons. The van der Waals surface area contributed by atoms with Crippen molar-refractivity contribution in [2.75, 3.05) is 6.54 Å². The van der Waals surface area contributed by atoms with Crippen molar-refractivity contribution in [1.82, 2.24) is 5.32 Å². The lowest BCUT2D eigenvalue weighted by atomic mass is 9.64. The van der Waals surface area contributed by atoms with Crippen LogP contribution < -0.4 is 5.32 Å². The summed E-state index contributed by atoms with van der Waals surface area (Å²) in [7, 11) is 0. The van der Waals surface area contributed by atoms with E-state index in [0.29, 0.717) is 0 Å². The summed E-state index contributed by atoms with van der Waals surface area (Å²) >= 11 is 0. The number of nitrogens with one attached hydrogen (secondary N) is 1. The van der Waals surface area contributed by atoms with E-state index >= 15 is 0 Å². The molecule has 2 N–H and O–H groups in total. The molecule has 1 heterocycles. The van der Waals surface area contributed by atoms with Gasteiger partial charge in [0.2, 0.25) is 0 Å². The predicted molar refractivity (Wildman–Crippen MR) is 83.4 cm³/mol. The highest BCUT2D eigenvalue weighted by Gasteiger charge is 2.45. The van der Waals surface area contributed by atoms with Crippen LogP contribution in [0.4, 0.5) is 13.2 Å². The molecule has 3 rings (SSSR count). The first-order chi connectivity index (χ1) is 11.3. The van der Waals surface area contributed by atoms with Crippen LogP contribution in [-0.2, 0) is 11.0 Å². The van der Waals surface area contributed by atoms with Gasteiger partial charge in [-0.1, -0.05) is 12.1 Å². The molecule has 1 atom stereocenters. The van der Waals surface area contributed by atoms with Gasteiger partial charge in [0.25, 0.3) is 0 Å². The molecule has 0 amide bonds. The Kier molecular flexibility index (Phi) is 4.60. The minimum absolute atomic E-state index is 0.0503. The van der Waals surface area contributed by atoms with E-state index in [0.717, 1.165) is 56.3 Å². The molecule has 1 aromatic rings. The second kappa shape index (κ2) is 6.39. The fraction of sp³-hybridized carbons (Fsp3) is 0.611. The summed E-state index contributed by atoms with van der Waals surface area (Å²) in [4.78, 5) is 10.9. The normalized spacial score (nSPS) is 30.6. The summed E-state index contributed by atoms with van der Waals surface area (Å²) in [6.07, 6.45) is 0.532. The second-order valence-electron chi connectivity index (χ2n) is 7.16. The Morgan fingerprint density at radius 3 is 2.33 bits per heavy atom. The largest absolute Gasteiger partial charge is 0.481 e. The number of rotatable bonds is 3. The van der Waals surface area contributed by atoms with Crippen LogP contribution in [0.5, 0.6) is 0 Å². The third kappa shape index (κ3) is 3.43. The van der Waals surface area contributed by atoms with Crippen LogP contribution in [0, 0.1) is 11.3 Å². The Bertz CT molecular complexity index is 589. The molecule has 24 heavy (non-hydrogen) atoms. The van der Waals surface area contributed by atoms with E-state index in [4.69, 9.17) is 5.11 Å². The molecule has 1 unspecified atom stereocenters. The Morgan fingerprint density at radius 2 is 1.79 bits per heavy atom. The molecule has 6 heteroatoms. The number of carbonyl (C=O) groups is 1. The van der Waals surface area contributed by atoms with Gasteiger partial charge in [-0.15, -0.1) is 0 Å². The molecular weight excluding hydrogens is 319 g/mol. The van der Waals surface area contributed by atoms with Crippen molar-refractivity contribution in [2.45, 2.75) is 50.7 Å². The highest BCUT2D eigenvalue weighted by atomic mass is 19.4. The number of carboxylic acid groups (broad SMARTS) is 1. The van der Waals surface area contributed by atoms with Crippen LogP contribution in [0.1, 0.15) is 55.7 Å². The first kappa shape index (κ1) is 17.3. The summed E-state index contributed by atoms with van der Waals surface area (Å²) < 4.78 is 38.2. The van der Waals surface area contributed by atoms with E-state index in [1.807, 2.05) is 0 Å². The molecular formula is C18H22F3NO2. The van der Waals surface area contributed by atoms with Gasteiger partial charge in [0.05, 0.1) is 5.56 Å². The molecule has 1 aromatic carbocycles. The van der Waals surface area contributed by atoms with E-state index in [2.05, 4.69) is 5.32 Å². The maximum atomic E-state index is 12.7. The third-order valence-electron chi connectivity index (χ3n) is 5.72. The molecule has 0 radical (unpaired) electrons. The Balaban J connectivity index is 1.73. The van der Waals surface area contributed by atoms with Gasteiger partial charge in [-0.2, -0.15) is 13.2 Å². The lowest BCUT2D eigenvalue weighted by molar-refractivity contribution is -0.139. The first-order valence-electron chi connectivity index (χ1n) is 8.42. The van der Waals surface area contributed by atoms with Gasteiger partial charge in [-0.25, -0.2) is 0 Å². The fourth-order valence-corrected chi connectivity index (χ4v) is 4.40. The zero-order valence-electron chi connectivity index (χ0n) is 13.4. The van der Waals surface area contributed by atoms with E-state index in [1.165, 1.54) is 0 Å². The summed E-state index contributed by atoms with van der Waals surface area (Å²) in [5, 5.41) is 12.4. The van der Waals surface area contributed by atoms with E-state index < -0.39 is 17.7 Å². The standard InChI is InChI=1S/C18H22F3NO2/c19-18(20,21)14-3-1-13(2-4-14)16-17(9-10-22-16)7-5-12(6-8-17)11-15(23)24/h1-4,12,16,22H,5-11H2,(H,23,24). The first-order valence-corrected chi connectivity index (χ1v) is 8.42. The van der Waals surface area contributed by atoms with Crippen LogP contribution in [0.25, 0.3) is 0 Å². The van der Waals surface area contributed by atoms with Crippen LogP contribution in [0.15, 0.2) is 24.3 Å². The number of aliphatic carboxylic acids is 1. The fourth-order valence-electron chi connectivity index (χ4n) is 4.40. The average Bonchev–Trinajstić information content (AvgIpc) is 2.92. The number of hydrogen-bond donors (Lipinski definition) is 2. The van der Waals surface area contributed by atoms with E-state index in [1.54, 1.807) is 12.1 Å². The zero-order chi connectivity index (χ0) is 17.4. The summed E-state index contributed by atoms with van der Waals surface area (Å²) in [5.74, 6) is -0.526. The Morgan fingerprint density at radius 1 is 1.17 bits per heavy atom. The van der Waals surface area contributed by atoms with Crippen molar-refractivity contribution in [3.05, 3.63) is 35.4 Å². The van der Waals surface area contributed by atoms with Crippen molar-refractivity contribution in [1.29, 1.82) is 0 Å². The number of carboxylic acids is 1. The molecule has 1 saturated carbocycles. The molecule has 0 bridgehead atoms. The number of benzene rings is 1.